The van der Waals surface area contributed by atoms with E-state index in [0.29, 0.717) is 0 Å². The van der Waals surface area contributed by atoms with E-state index in [-0.39, 0.29) is 0 Å². The molecule has 66 heavy (non-hydrogen) atoms. The van der Waals surface area contributed by atoms with Crippen molar-refractivity contribution in [3.63, 3.8) is 0 Å². The molecule has 0 aromatic heterocycles. The Morgan fingerprint density at radius 3 is 1.58 bits per heavy atom. The average Bonchev–Trinajstić information content (AvgIpc) is 3.69. The molecule has 0 bridgehead atoms. The summed E-state index contributed by atoms with van der Waals surface area (Å²) in [5.74, 6) is 0. The number of fused-ring (bicyclic) bond motifs is 9. The summed E-state index contributed by atoms with van der Waals surface area (Å²) in [6.45, 7) is 4.33. The van der Waals surface area contributed by atoms with Crippen molar-refractivity contribution in [3.8, 4) is 22.3 Å². The quantitative estimate of drug-likeness (QED) is 0.103. The third kappa shape index (κ3) is 6.31. The zero-order valence-electron chi connectivity index (χ0n) is 36.5. The SMILES string of the molecule is C=C/C(=C\C=C\N(c1ccc(-c2cc3ccccc3c3ccccc23)cc1)c1ccc2c(c1)-c1ccccc1C2(c1ccccc1)c1ccccc1)c1cc2ccccc2c2ccccc12. The van der Waals surface area contributed by atoms with Crippen LogP contribution in [0.2, 0.25) is 0 Å². The highest BCUT2D eigenvalue weighted by molar-refractivity contribution is 6.14. The molecule has 11 aromatic rings. The Morgan fingerprint density at radius 2 is 0.909 bits per heavy atom. The topological polar surface area (TPSA) is 3.24 Å². The molecule has 1 aliphatic carbocycles. The first kappa shape index (κ1) is 39.1. The number of allylic oxidation sites excluding steroid dienone is 4. The van der Waals surface area contributed by atoms with Gasteiger partial charge in [0, 0.05) is 17.6 Å². The number of nitrogens with zero attached hydrogens (tertiary/aromatic N) is 1. The summed E-state index contributed by atoms with van der Waals surface area (Å²) in [5.41, 5.74) is 13.9. The van der Waals surface area contributed by atoms with E-state index in [1.807, 2.05) is 6.08 Å². The first-order chi connectivity index (χ1) is 32.7. The highest BCUT2D eigenvalue weighted by atomic mass is 15.1. The fourth-order valence-electron chi connectivity index (χ4n) is 10.8. The summed E-state index contributed by atoms with van der Waals surface area (Å²) in [6.07, 6.45) is 8.56. The Labute approximate surface area is 386 Å². The van der Waals surface area contributed by atoms with Crippen LogP contribution in [-0.4, -0.2) is 0 Å². The molecular formula is C65H45N. The molecule has 0 unspecified atom stereocenters. The van der Waals surface area contributed by atoms with E-state index in [1.165, 1.54) is 87.6 Å². The van der Waals surface area contributed by atoms with Crippen LogP contribution in [-0.2, 0) is 5.41 Å². The van der Waals surface area contributed by atoms with Gasteiger partial charge in [0.1, 0.15) is 0 Å². The lowest BCUT2D eigenvalue weighted by atomic mass is 9.68. The van der Waals surface area contributed by atoms with Crippen molar-refractivity contribution in [1.82, 2.24) is 0 Å². The van der Waals surface area contributed by atoms with Crippen LogP contribution in [0.5, 0.6) is 0 Å². The van der Waals surface area contributed by atoms with Crippen molar-refractivity contribution in [1.29, 1.82) is 0 Å². The predicted molar refractivity (Wildman–Crippen MR) is 282 cm³/mol. The van der Waals surface area contributed by atoms with Gasteiger partial charge in [-0.25, -0.2) is 0 Å². The molecule has 0 atom stereocenters. The fourth-order valence-corrected chi connectivity index (χ4v) is 10.8. The van der Waals surface area contributed by atoms with Crippen molar-refractivity contribution in [2.45, 2.75) is 5.41 Å². The van der Waals surface area contributed by atoms with E-state index in [1.54, 1.807) is 0 Å². The van der Waals surface area contributed by atoms with Crippen LogP contribution < -0.4 is 4.90 Å². The second-order valence-electron chi connectivity index (χ2n) is 17.2. The van der Waals surface area contributed by atoms with Gasteiger partial charge in [-0.05, 0) is 141 Å². The number of anilines is 2. The maximum absolute atomic E-state index is 4.33. The molecule has 12 rings (SSSR count). The van der Waals surface area contributed by atoms with Crippen molar-refractivity contribution >= 4 is 60.0 Å². The van der Waals surface area contributed by atoms with Crippen molar-refractivity contribution < 1.29 is 0 Å². The van der Waals surface area contributed by atoms with Crippen LogP contribution in [0.4, 0.5) is 11.4 Å². The number of hydrogen-bond donors (Lipinski definition) is 0. The number of rotatable bonds is 9. The highest BCUT2D eigenvalue weighted by Gasteiger charge is 2.46. The van der Waals surface area contributed by atoms with Crippen LogP contribution in [0.3, 0.4) is 0 Å². The smallest absolute Gasteiger partial charge is 0.0713 e. The van der Waals surface area contributed by atoms with Crippen molar-refractivity contribution in [3.05, 3.63) is 295 Å². The molecule has 0 saturated heterocycles. The molecule has 0 amide bonds. The Bertz CT molecular complexity index is 3670. The fraction of sp³-hybridized carbons (Fsp3) is 0.0154. The summed E-state index contributed by atoms with van der Waals surface area (Å²) in [4.78, 5) is 2.33. The maximum Gasteiger partial charge on any atom is 0.0713 e. The first-order valence-corrected chi connectivity index (χ1v) is 22.8. The van der Waals surface area contributed by atoms with Gasteiger partial charge >= 0.3 is 0 Å². The third-order valence-corrected chi connectivity index (χ3v) is 13.8. The summed E-state index contributed by atoms with van der Waals surface area (Å²) in [6, 6.07) is 86.6. The minimum Gasteiger partial charge on any atom is -0.317 e. The Hall–Kier alpha value is -8.52. The summed E-state index contributed by atoms with van der Waals surface area (Å²) in [7, 11) is 0. The molecule has 0 N–H and O–H groups in total. The molecule has 11 aromatic carbocycles. The lowest BCUT2D eigenvalue weighted by Crippen LogP contribution is -2.28. The van der Waals surface area contributed by atoms with Gasteiger partial charge < -0.3 is 4.90 Å². The van der Waals surface area contributed by atoms with E-state index in [0.717, 1.165) is 22.5 Å². The normalized spacial score (nSPS) is 13.1. The van der Waals surface area contributed by atoms with Gasteiger partial charge in [-0.2, -0.15) is 0 Å². The molecule has 1 nitrogen and oxygen atoms in total. The lowest BCUT2D eigenvalue weighted by molar-refractivity contribution is 0.768. The number of hydrogen-bond acceptors (Lipinski definition) is 1. The van der Waals surface area contributed by atoms with Gasteiger partial charge in [0.2, 0.25) is 0 Å². The Kier molecular flexibility index (Phi) is 9.62. The van der Waals surface area contributed by atoms with Crippen molar-refractivity contribution in [2.75, 3.05) is 4.90 Å². The molecule has 0 heterocycles. The molecule has 1 heteroatoms. The van der Waals surface area contributed by atoms with Crippen molar-refractivity contribution in [2.24, 2.45) is 0 Å². The summed E-state index contributed by atoms with van der Waals surface area (Å²) < 4.78 is 0. The van der Waals surface area contributed by atoms with E-state index in [9.17, 15) is 0 Å². The lowest BCUT2D eigenvalue weighted by Gasteiger charge is -2.34. The van der Waals surface area contributed by atoms with Crippen LogP contribution in [0.15, 0.2) is 268 Å². The van der Waals surface area contributed by atoms with E-state index < -0.39 is 5.41 Å². The molecule has 0 radical (unpaired) electrons. The molecular weight excluding hydrogens is 795 g/mol. The monoisotopic (exact) mass is 839 g/mol. The van der Waals surface area contributed by atoms with E-state index >= 15 is 0 Å². The van der Waals surface area contributed by atoms with Gasteiger partial charge in [0.15, 0.2) is 0 Å². The third-order valence-electron chi connectivity index (χ3n) is 13.8. The van der Waals surface area contributed by atoms with Crippen LogP contribution in [0.1, 0.15) is 27.8 Å². The minimum atomic E-state index is -0.470. The number of benzene rings is 11. The Balaban J connectivity index is 1.02. The van der Waals surface area contributed by atoms with Crippen LogP contribution in [0.25, 0.3) is 70.9 Å². The molecule has 310 valence electrons. The second kappa shape index (κ2) is 16.2. The molecule has 0 spiro atoms. The summed E-state index contributed by atoms with van der Waals surface area (Å²) in [5, 5.41) is 9.95. The zero-order valence-corrected chi connectivity index (χ0v) is 36.5. The van der Waals surface area contributed by atoms with Gasteiger partial charge in [-0.3, -0.25) is 0 Å². The van der Waals surface area contributed by atoms with E-state index in [2.05, 4.69) is 266 Å². The zero-order chi connectivity index (χ0) is 44.0. The first-order valence-electron chi connectivity index (χ1n) is 22.8. The van der Waals surface area contributed by atoms with Gasteiger partial charge in [-0.15, -0.1) is 0 Å². The molecule has 0 fully saturated rings. The standard InChI is InChI=1S/C65H45N/c1-2-45(60-42-47-20-9-11-27-53(47)55-29-13-15-31-57(55)60)22-19-41-66(51-37-35-46(36-38-51)61-43-48-21-10-12-28-54(48)56-30-14-16-32-58(56)61)52-39-40-64-62(44-52)59-33-17-18-34-63(59)65(64,49-23-5-3-6-24-49)50-25-7-4-8-26-50/h2-44H,1H2/b41-19+,45-22+. The largest absolute Gasteiger partial charge is 0.317 e. The maximum atomic E-state index is 4.33. The molecule has 0 saturated carbocycles. The van der Waals surface area contributed by atoms with Gasteiger partial charge in [0.25, 0.3) is 0 Å². The average molecular weight is 840 g/mol. The van der Waals surface area contributed by atoms with E-state index in [4.69, 9.17) is 0 Å². The van der Waals surface area contributed by atoms with Gasteiger partial charge in [-0.1, -0.05) is 219 Å². The van der Waals surface area contributed by atoms with Crippen LogP contribution in [0, 0.1) is 0 Å². The van der Waals surface area contributed by atoms with Crippen LogP contribution >= 0.6 is 0 Å². The molecule has 0 aliphatic heterocycles. The minimum absolute atomic E-state index is 0.470. The molecule has 1 aliphatic rings. The summed E-state index contributed by atoms with van der Waals surface area (Å²) >= 11 is 0. The Morgan fingerprint density at radius 1 is 0.394 bits per heavy atom. The predicted octanol–water partition coefficient (Wildman–Crippen LogP) is 17.3. The van der Waals surface area contributed by atoms with Gasteiger partial charge in [0.05, 0.1) is 5.41 Å². The highest BCUT2D eigenvalue weighted by Crippen LogP contribution is 2.57. The second-order valence-corrected chi connectivity index (χ2v) is 17.2.